The third kappa shape index (κ3) is 2.72. The van der Waals surface area contributed by atoms with Gasteiger partial charge in [-0.3, -0.25) is 4.98 Å². The zero-order valence-corrected chi connectivity index (χ0v) is 9.62. The van der Waals surface area contributed by atoms with E-state index in [1.807, 2.05) is 0 Å². The highest BCUT2D eigenvalue weighted by Crippen LogP contribution is 2.27. The van der Waals surface area contributed by atoms with Gasteiger partial charge in [0.25, 0.3) is 0 Å². The number of pyridine rings is 1. The van der Waals surface area contributed by atoms with Gasteiger partial charge in [-0.2, -0.15) is 0 Å². The lowest BCUT2D eigenvalue weighted by Gasteiger charge is -2.09. The Kier molecular flexibility index (Phi) is 3.56. The normalized spacial score (nSPS) is 10.3. The maximum Gasteiger partial charge on any atom is 0.150 e. The van der Waals surface area contributed by atoms with Crippen molar-refractivity contribution in [2.24, 2.45) is 5.73 Å². The fourth-order valence-corrected chi connectivity index (χ4v) is 1.51. The summed E-state index contributed by atoms with van der Waals surface area (Å²) in [5, 5.41) is 0.0145. The fraction of sp³-hybridized carbons (Fsp3) is 0.0833. The van der Waals surface area contributed by atoms with Crippen LogP contribution in [0.5, 0.6) is 11.5 Å². The van der Waals surface area contributed by atoms with Crippen LogP contribution < -0.4 is 10.5 Å². The molecule has 2 N–H and O–H groups in total. The van der Waals surface area contributed by atoms with Crippen molar-refractivity contribution in [3.05, 3.63) is 53.1 Å². The van der Waals surface area contributed by atoms with Gasteiger partial charge in [0.2, 0.25) is 0 Å². The van der Waals surface area contributed by atoms with Gasteiger partial charge in [-0.05, 0) is 18.2 Å². The predicted octanol–water partition coefficient (Wildman–Crippen LogP) is 3.13. The lowest BCUT2D eigenvalue weighted by molar-refractivity contribution is 0.472. The highest BCUT2D eigenvalue weighted by molar-refractivity contribution is 6.30. The molecule has 0 saturated carbocycles. The minimum atomic E-state index is -0.482. The van der Waals surface area contributed by atoms with Crippen molar-refractivity contribution in [3.8, 4) is 11.5 Å². The number of hydrogen-bond acceptors (Lipinski definition) is 3. The van der Waals surface area contributed by atoms with Crippen LogP contribution in [-0.2, 0) is 6.54 Å². The monoisotopic (exact) mass is 252 g/mol. The van der Waals surface area contributed by atoms with Crippen LogP contribution in [0.3, 0.4) is 0 Å². The van der Waals surface area contributed by atoms with E-state index in [0.717, 1.165) is 5.56 Å². The van der Waals surface area contributed by atoms with Crippen molar-refractivity contribution in [1.82, 2.24) is 4.98 Å². The number of hydrogen-bond donors (Lipinski definition) is 1. The summed E-state index contributed by atoms with van der Waals surface area (Å²) < 4.78 is 18.5. The van der Waals surface area contributed by atoms with Crippen molar-refractivity contribution < 1.29 is 9.13 Å². The summed E-state index contributed by atoms with van der Waals surface area (Å²) in [5.41, 5.74) is 6.38. The Morgan fingerprint density at radius 3 is 2.88 bits per heavy atom. The number of rotatable bonds is 3. The lowest BCUT2D eigenvalue weighted by atomic mass is 10.2. The van der Waals surface area contributed by atoms with Gasteiger partial charge in [0.05, 0.1) is 11.2 Å². The molecule has 0 saturated heterocycles. The van der Waals surface area contributed by atoms with Crippen molar-refractivity contribution in [1.29, 1.82) is 0 Å². The van der Waals surface area contributed by atoms with Gasteiger partial charge in [-0.1, -0.05) is 11.6 Å². The number of ether oxygens (including phenoxy) is 1. The molecule has 0 unspecified atom stereocenters. The zero-order chi connectivity index (χ0) is 12.3. The summed E-state index contributed by atoms with van der Waals surface area (Å²) >= 11 is 5.66. The van der Waals surface area contributed by atoms with Crippen LogP contribution in [-0.4, -0.2) is 4.98 Å². The molecule has 5 heteroatoms. The number of nitrogens with two attached hydrogens (primary N) is 1. The topological polar surface area (TPSA) is 48.1 Å². The quantitative estimate of drug-likeness (QED) is 0.913. The molecule has 0 radical (unpaired) electrons. The van der Waals surface area contributed by atoms with Gasteiger partial charge >= 0.3 is 0 Å². The molecule has 1 aromatic heterocycles. The molecule has 0 bridgehead atoms. The van der Waals surface area contributed by atoms with Crippen LogP contribution in [0.25, 0.3) is 0 Å². The van der Waals surface area contributed by atoms with Crippen molar-refractivity contribution in [2.45, 2.75) is 6.54 Å². The van der Waals surface area contributed by atoms with Crippen molar-refractivity contribution in [3.63, 3.8) is 0 Å². The lowest BCUT2D eigenvalue weighted by Crippen LogP contribution is -1.99. The molecular formula is C12H10ClFN2O. The fourth-order valence-electron chi connectivity index (χ4n) is 1.34. The van der Waals surface area contributed by atoms with Crippen LogP contribution in [0, 0.1) is 5.82 Å². The molecule has 0 fully saturated rings. The standard InChI is InChI=1S/C12H10ClFN2O/c13-10-5-9(1-2-11(10)14)17-12-7-16-4-3-8(12)6-15/h1-5,7H,6,15H2. The first-order chi connectivity index (χ1) is 8.20. The average molecular weight is 253 g/mol. The predicted molar refractivity (Wildman–Crippen MR) is 63.6 cm³/mol. The molecule has 2 rings (SSSR count). The molecule has 0 amide bonds. The number of halogens is 2. The molecule has 1 aromatic carbocycles. The minimum absolute atomic E-state index is 0.0145. The second-order valence-corrected chi connectivity index (χ2v) is 3.77. The van der Waals surface area contributed by atoms with Crippen molar-refractivity contribution in [2.75, 3.05) is 0 Å². The van der Waals surface area contributed by atoms with E-state index in [1.165, 1.54) is 18.2 Å². The van der Waals surface area contributed by atoms with Crippen LogP contribution in [0.2, 0.25) is 5.02 Å². The molecule has 88 valence electrons. The van der Waals surface area contributed by atoms with E-state index >= 15 is 0 Å². The average Bonchev–Trinajstić information content (AvgIpc) is 2.34. The smallest absolute Gasteiger partial charge is 0.150 e. The van der Waals surface area contributed by atoms with Gasteiger partial charge < -0.3 is 10.5 Å². The first-order valence-electron chi connectivity index (χ1n) is 4.96. The first-order valence-corrected chi connectivity index (χ1v) is 5.34. The second kappa shape index (κ2) is 5.12. The Hall–Kier alpha value is -1.65. The maximum absolute atomic E-state index is 13.0. The number of benzene rings is 1. The van der Waals surface area contributed by atoms with Crippen molar-refractivity contribution >= 4 is 11.6 Å². The number of nitrogens with zero attached hydrogens (tertiary/aromatic N) is 1. The second-order valence-electron chi connectivity index (χ2n) is 3.37. The third-order valence-corrected chi connectivity index (χ3v) is 2.50. The molecule has 3 nitrogen and oxygen atoms in total. The summed E-state index contributed by atoms with van der Waals surface area (Å²) in [6, 6.07) is 5.91. The summed E-state index contributed by atoms with van der Waals surface area (Å²) in [4.78, 5) is 3.94. The van der Waals surface area contributed by atoms with Gasteiger partial charge in [0, 0.05) is 24.4 Å². The van der Waals surface area contributed by atoms with E-state index in [0.29, 0.717) is 18.0 Å². The Balaban J connectivity index is 2.28. The van der Waals surface area contributed by atoms with E-state index < -0.39 is 5.82 Å². The molecular weight excluding hydrogens is 243 g/mol. The van der Waals surface area contributed by atoms with Crippen LogP contribution in [0.1, 0.15) is 5.56 Å². The largest absolute Gasteiger partial charge is 0.455 e. The Morgan fingerprint density at radius 2 is 2.18 bits per heavy atom. The van der Waals surface area contributed by atoms with Crippen LogP contribution in [0.4, 0.5) is 4.39 Å². The molecule has 0 aliphatic carbocycles. The molecule has 0 aliphatic heterocycles. The molecule has 0 aliphatic rings. The van der Waals surface area contributed by atoms with Gasteiger partial charge in [0.15, 0.2) is 0 Å². The van der Waals surface area contributed by atoms with Crippen LogP contribution >= 0.6 is 11.6 Å². The molecule has 0 atom stereocenters. The SMILES string of the molecule is NCc1ccncc1Oc1ccc(F)c(Cl)c1. The first kappa shape index (κ1) is 11.8. The maximum atomic E-state index is 13.0. The third-order valence-electron chi connectivity index (χ3n) is 2.21. The van der Waals surface area contributed by atoms with Gasteiger partial charge in [0.1, 0.15) is 17.3 Å². The van der Waals surface area contributed by atoms with E-state index in [2.05, 4.69) is 4.98 Å². The molecule has 2 aromatic rings. The molecule has 17 heavy (non-hydrogen) atoms. The Labute approximate surface area is 103 Å². The highest BCUT2D eigenvalue weighted by Gasteiger charge is 2.06. The van der Waals surface area contributed by atoms with E-state index in [4.69, 9.17) is 22.1 Å². The van der Waals surface area contributed by atoms with Gasteiger partial charge in [-0.25, -0.2) is 4.39 Å². The summed E-state index contributed by atoms with van der Waals surface area (Å²) in [6.07, 6.45) is 3.19. The summed E-state index contributed by atoms with van der Waals surface area (Å²) in [5.74, 6) is 0.501. The number of aromatic nitrogens is 1. The molecule has 1 heterocycles. The Morgan fingerprint density at radius 1 is 1.35 bits per heavy atom. The van der Waals surface area contributed by atoms with E-state index in [9.17, 15) is 4.39 Å². The van der Waals surface area contributed by atoms with E-state index in [-0.39, 0.29) is 5.02 Å². The Bertz CT molecular complexity index is 534. The zero-order valence-electron chi connectivity index (χ0n) is 8.86. The van der Waals surface area contributed by atoms with Gasteiger partial charge in [-0.15, -0.1) is 0 Å². The molecule has 0 spiro atoms. The minimum Gasteiger partial charge on any atom is -0.455 e. The van der Waals surface area contributed by atoms with Crippen LogP contribution in [0.15, 0.2) is 36.7 Å². The summed E-state index contributed by atoms with van der Waals surface area (Å²) in [7, 11) is 0. The highest BCUT2D eigenvalue weighted by atomic mass is 35.5. The van der Waals surface area contributed by atoms with E-state index in [1.54, 1.807) is 18.5 Å². The summed E-state index contributed by atoms with van der Waals surface area (Å²) in [6.45, 7) is 0.340.